The van der Waals surface area contributed by atoms with Crippen molar-refractivity contribution in [3.63, 3.8) is 0 Å². The fraction of sp³-hybridized carbons (Fsp3) is 0.818. The first-order chi connectivity index (χ1) is 6.24. The van der Waals surface area contributed by atoms with Gasteiger partial charge in [0.1, 0.15) is 0 Å². The quantitative estimate of drug-likeness (QED) is 0.318. The van der Waals surface area contributed by atoms with E-state index >= 15 is 0 Å². The van der Waals surface area contributed by atoms with Crippen molar-refractivity contribution >= 4 is 30.9 Å². The molecule has 0 aromatic rings. The normalized spacial score (nSPS) is 15.3. The molecule has 0 saturated carbocycles. The van der Waals surface area contributed by atoms with Crippen molar-refractivity contribution in [2.24, 2.45) is 5.92 Å². The van der Waals surface area contributed by atoms with Gasteiger partial charge in [0.15, 0.2) is 8.32 Å². The molecule has 0 aliphatic carbocycles. The zero-order valence-electron chi connectivity index (χ0n) is 10.1. The van der Waals surface area contributed by atoms with E-state index in [0.29, 0.717) is 11.0 Å². The summed E-state index contributed by atoms with van der Waals surface area (Å²) in [6.45, 7) is 16.1. The molecule has 0 aliphatic heterocycles. The van der Waals surface area contributed by atoms with Crippen LogP contribution in [0.2, 0.25) is 18.1 Å². The second kappa shape index (κ2) is 5.65. The van der Waals surface area contributed by atoms with Gasteiger partial charge in [0.2, 0.25) is 0 Å². The maximum atomic E-state index is 6.10. The van der Waals surface area contributed by atoms with Gasteiger partial charge in [-0.1, -0.05) is 49.4 Å². The number of hydrogen-bond donors (Lipinski definition) is 0. The molecule has 1 nitrogen and oxygen atoms in total. The summed E-state index contributed by atoms with van der Waals surface area (Å²) in [4.78, 5) is 0. The molecule has 1 atom stereocenters. The van der Waals surface area contributed by atoms with Gasteiger partial charge in [-0.2, -0.15) is 0 Å². The molecule has 0 N–H and O–H groups in total. The van der Waals surface area contributed by atoms with Gasteiger partial charge < -0.3 is 4.43 Å². The molecule has 1 unspecified atom stereocenters. The van der Waals surface area contributed by atoms with E-state index in [-0.39, 0.29) is 0 Å². The molecule has 0 spiro atoms. The van der Waals surface area contributed by atoms with Crippen LogP contribution in [0, 0.1) is 5.92 Å². The molecule has 14 heavy (non-hydrogen) atoms. The summed E-state index contributed by atoms with van der Waals surface area (Å²) in [5.74, 6) is 0.504. The van der Waals surface area contributed by atoms with Gasteiger partial charge >= 0.3 is 0 Å². The molecule has 84 valence electrons. The van der Waals surface area contributed by atoms with E-state index in [1.165, 1.54) is 0 Å². The maximum Gasteiger partial charge on any atom is 0.192 e. The molecule has 0 heterocycles. The molecule has 0 radical (unpaired) electrons. The first kappa shape index (κ1) is 14.6. The fourth-order valence-electron chi connectivity index (χ4n) is 0.707. The summed E-state index contributed by atoms with van der Waals surface area (Å²) in [7, 11) is -1.55. The van der Waals surface area contributed by atoms with Gasteiger partial charge in [-0.15, -0.1) is 6.58 Å². The lowest BCUT2D eigenvalue weighted by atomic mass is 10.2. The minimum atomic E-state index is -1.55. The zero-order valence-corrected chi connectivity index (χ0v) is 13.2. The van der Waals surface area contributed by atoms with Crippen molar-refractivity contribution < 1.29 is 4.43 Å². The predicted octanol–water partition coefficient (Wildman–Crippen LogP) is 4.25. The smallest absolute Gasteiger partial charge is 0.192 e. The molecular formula is C11H23IOSi. The number of hydrogen-bond acceptors (Lipinski definition) is 1. The SMILES string of the molecule is C=CC(CI)CO[Si](C)(C)C(C)(C)C. The molecule has 0 aliphatic rings. The van der Waals surface area contributed by atoms with Crippen molar-refractivity contribution in [3.8, 4) is 0 Å². The second-order valence-electron chi connectivity index (χ2n) is 5.22. The van der Waals surface area contributed by atoms with E-state index < -0.39 is 8.32 Å². The Labute approximate surface area is 104 Å². The van der Waals surface area contributed by atoms with Crippen LogP contribution in [-0.2, 0) is 4.43 Å². The van der Waals surface area contributed by atoms with E-state index in [2.05, 4.69) is 63.0 Å². The molecule has 0 fully saturated rings. The molecule has 0 aromatic heterocycles. The van der Waals surface area contributed by atoms with Gasteiger partial charge in [0, 0.05) is 17.0 Å². The fourth-order valence-corrected chi connectivity index (χ4v) is 2.39. The third-order valence-corrected chi connectivity index (χ3v) is 8.63. The first-order valence-electron chi connectivity index (χ1n) is 5.07. The standard InChI is InChI=1S/C11H23IOSi/c1-7-10(8-12)9-13-14(5,6)11(2,3)4/h7,10H,1,8-9H2,2-6H3. The van der Waals surface area contributed by atoms with E-state index in [0.717, 1.165) is 11.0 Å². The van der Waals surface area contributed by atoms with Gasteiger partial charge in [-0.3, -0.25) is 0 Å². The van der Waals surface area contributed by atoms with Gasteiger partial charge in [0.05, 0.1) is 0 Å². The lowest BCUT2D eigenvalue weighted by Crippen LogP contribution is -2.41. The van der Waals surface area contributed by atoms with Crippen molar-refractivity contribution in [1.29, 1.82) is 0 Å². The third-order valence-electron chi connectivity index (χ3n) is 3.00. The maximum absolute atomic E-state index is 6.10. The summed E-state index contributed by atoms with van der Waals surface area (Å²) >= 11 is 2.39. The van der Waals surface area contributed by atoms with Gasteiger partial charge in [-0.25, -0.2) is 0 Å². The molecular weight excluding hydrogens is 303 g/mol. The summed E-state index contributed by atoms with van der Waals surface area (Å²) < 4.78 is 7.19. The Bertz CT molecular complexity index is 184. The van der Waals surface area contributed by atoms with Crippen molar-refractivity contribution in [3.05, 3.63) is 12.7 Å². The van der Waals surface area contributed by atoms with Crippen molar-refractivity contribution in [2.75, 3.05) is 11.0 Å². The number of halogens is 1. The van der Waals surface area contributed by atoms with Crippen LogP contribution in [0.3, 0.4) is 0 Å². The first-order valence-corrected chi connectivity index (χ1v) is 9.50. The lowest BCUT2D eigenvalue weighted by Gasteiger charge is -2.36. The van der Waals surface area contributed by atoms with Crippen LogP contribution in [0.25, 0.3) is 0 Å². The van der Waals surface area contributed by atoms with Crippen LogP contribution >= 0.6 is 22.6 Å². The Hall–Kier alpha value is 0.647. The Balaban J connectivity index is 4.18. The molecule has 0 saturated heterocycles. The zero-order chi connectivity index (χ0) is 11.4. The highest BCUT2D eigenvalue weighted by atomic mass is 127. The van der Waals surface area contributed by atoms with Gasteiger partial charge in [0.25, 0.3) is 0 Å². The largest absolute Gasteiger partial charge is 0.416 e. The monoisotopic (exact) mass is 326 g/mol. The average molecular weight is 326 g/mol. The molecule has 0 amide bonds. The number of alkyl halides is 1. The predicted molar refractivity (Wildman–Crippen MR) is 75.7 cm³/mol. The summed E-state index contributed by atoms with van der Waals surface area (Å²) in [6, 6.07) is 0. The summed E-state index contributed by atoms with van der Waals surface area (Å²) in [5.41, 5.74) is 0. The van der Waals surface area contributed by atoms with Crippen LogP contribution < -0.4 is 0 Å². The Morgan fingerprint density at radius 2 is 1.93 bits per heavy atom. The van der Waals surface area contributed by atoms with Crippen LogP contribution in [0.1, 0.15) is 20.8 Å². The molecule has 0 rings (SSSR count). The lowest BCUT2D eigenvalue weighted by molar-refractivity contribution is 0.262. The van der Waals surface area contributed by atoms with E-state index in [1.54, 1.807) is 0 Å². The summed E-state index contributed by atoms with van der Waals surface area (Å²) in [6.07, 6.45) is 2.00. The third kappa shape index (κ3) is 4.44. The Morgan fingerprint density at radius 1 is 1.43 bits per heavy atom. The Kier molecular flexibility index (Phi) is 5.92. The highest BCUT2D eigenvalue weighted by molar-refractivity contribution is 14.1. The number of rotatable bonds is 5. The minimum absolute atomic E-state index is 0.310. The minimum Gasteiger partial charge on any atom is -0.416 e. The van der Waals surface area contributed by atoms with Crippen molar-refractivity contribution in [2.45, 2.75) is 38.9 Å². The van der Waals surface area contributed by atoms with Crippen LogP contribution in [0.15, 0.2) is 12.7 Å². The summed E-state index contributed by atoms with van der Waals surface area (Å²) in [5, 5.41) is 0.310. The Morgan fingerprint density at radius 3 is 2.21 bits per heavy atom. The second-order valence-corrected chi connectivity index (χ2v) is 10.9. The van der Waals surface area contributed by atoms with E-state index in [1.807, 2.05) is 6.08 Å². The molecule has 3 heteroatoms. The van der Waals surface area contributed by atoms with Crippen LogP contribution in [0.5, 0.6) is 0 Å². The van der Waals surface area contributed by atoms with Crippen molar-refractivity contribution in [1.82, 2.24) is 0 Å². The molecule has 0 aromatic carbocycles. The van der Waals surface area contributed by atoms with E-state index in [9.17, 15) is 0 Å². The van der Waals surface area contributed by atoms with Crippen LogP contribution in [0.4, 0.5) is 0 Å². The van der Waals surface area contributed by atoms with Gasteiger partial charge in [-0.05, 0) is 18.1 Å². The highest BCUT2D eigenvalue weighted by Gasteiger charge is 2.37. The topological polar surface area (TPSA) is 9.23 Å². The average Bonchev–Trinajstić information content (AvgIpc) is 2.04. The van der Waals surface area contributed by atoms with E-state index in [4.69, 9.17) is 4.43 Å². The molecule has 0 bridgehead atoms. The highest BCUT2D eigenvalue weighted by Crippen LogP contribution is 2.36. The van der Waals surface area contributed by atoms with Crippen LogP contribution in [-0.4, -0.2) is 19.4 Å².